The first-order valence-electron chi connectivity index (χ1n) is 8.46. The molecule has 0 bridgehead atoms. The fourth-order valence-electron chi connectivity index (χ4n) is 2.96. The van der Waals surface area contributed by atoms with E-state index in [-0.39, 0.29) is 24.8 Å². The summed E-state index contributed by atoms with van der Waals surface area (Å²) in [6.07, 6.45) is 1.87. The second-order valence-corrected chi connectivity index (χ2v) is 6.34. The summed E-state index contributed by atoms with van der Waals surface area (Å²) in [4.78, 5) is 31.7. The van der Waals surface area contributed by atoms with Crippen LogP contribution in [-0.4, -0.2) is 65.5 Å². The molecular formula is C18H22N6O3. The summed E-state index contributed by atoms with van der Waals surface area (Å²) in [5.41, 5.74) is 7.03. The van der Waals surface area contributed by atoms with Crippen LogP contribution in [0.3, 0.4) is 0 Å². The number of rotatable bonds is 5. The summed E-state index contributed by atoms with van der Waals surface area (Å²) in [7, 11) is 3.20. The monoisotopic (exact) mass is 370 g/mol. The third kappa shape index (κ3) is 3.91. The summed E-state index contributed by atoms with van der Waals surface area (Å²) in [5, 5.41) is 7.47. The average Bonchev–Trinajstić information content (AvgIpc) is 3.05. The number of aromatic nitrogens is 2. The van der Waals surface area contributed by atoms with E-state index in [4.69, 9.17) is 11.1 Å². The Labute approximate surface area is 156 Å². The lowest BCUT2D eigenvalue weighted by molar-refractivity contribution is -0.147. The SMILES string of the molecule is COC(=O)CN1CCN(c2cn(C)c(-c3ccc(C(=N)N)cc3)n2)CC1=O. The zero-order valence-electron chi connectivity index (χ0n) is 15.3. The number of carbonyl (C=O) groups is 2. The van der Waals surface area contributed by atoms with Crippen molar-refractivity contribution in [1.29, 1.82) is 5.41 Å². The molecule has 0 radical (unpaired) electrons. The first-order valence-corrected chi connectivity index (χ1v) is 8.46. The number of nitrogens with zero attached hydrogens (tertiary/aromatic N) is 4. The Morgan fingerprint density at radius 1 is 1.30 bits per heavy atom. The van der Waals surface area contributed by atoms with Gasteiger partial charge in [-0.3, -0.25) is 15.0 Å². The lowest BCUT2D eigenvalue weighted by Gasteiger charge is -2.33. The van der Waals surface area contributed by atoms with Crippen molar-refractivity contribution in [3.8, 4) is 11.4 Å². The highest BCUT2D eigenvalue weighted by Gasteiger charge is 2.27. The molecule has 27 heavy (non-hydrogen) atoms. The van der Waals surface area contributed by atoms with Crippen molar-refractivity contribution >= 4 is 23.5 Å². The van der Waals surface area contributed by atoms with Gasteiger partial charge in [-0.15, -0.1) is 0 Å². The van der Waals surface area contributed by atoms with E-state index >= 15 is 0 Å². The van der Waals surface area contributed by atoms with Gasteiger partial charge in [0.1, 0.15) is 24.0 Å². The van der Waals surface area contributed by atoms with E-state index in [1.165, 1.54) is 12.0 Å². The molecule has 0 spiro atoms. The van der Waals surface area contributed by atoms with Gasteiger partial charge in [0.05, 0.1) is 13.7 Å². The van der Waals surface area contributed by atoms with E-state index in [2.05, 4.69) is 9.72 Å². The van der Waals surface area contributed by atoms with Crippen molar-refractivity contribution in [2.45, 2.75) is 0 Å². The van der Waals surface area contributed by atoms with Crippen LogP contribution in [0.5, 0.6) is 0 Å². The molecule has 1 aromatic carbocycles. The first-order chi connectivity index (χ1) is 12.9. The Balaban J connectivity index is 1.74. The van der Waals surface area contributed by atoms with Crippen molar-refractivity contribution in [2.24, 2.45) is 12.8 Å². The van der Waals surface area contributed by atoms with Crippen LogP contribution in [0.4, 0.5) is 5.82 Å². The van der Waals surface area contributed by atoms with Gasteiger partial charge in [-0.05, 0) is 0 Å². The number of imidazole rings is 1. The summed E-state index contributed by atoms with van der Waals surface area (Å²) >= 11 is 0. The highest BCUT2D eigenvalue weighted by molar-refractivity contribution is 5.95. The molecule has 2 aromatic rings. The Bertz CT molecular complexity index is 874. The second-order valence-electron chi connectivity index (χ2n) is 6.34. The number of carbonyl (C=O) groups excluding carboxylic acids is 2. The lowest BCUT2D eigenvalue weighted by atomic mass is 10.1. The molecular weight excluding hydrogens is 348 g/mol. The summed E-state index contributed by atoms with van der Waals surface area (Å²) in [6, 6.07) is 7.28. The Hall–Kier alpha value is -3.36. The molecule has 1 aromatic heterocycles. The Morgan fingerprint density at radius 3 is 2.59 bits per heavy atom. The van der Waals surface area contributed by atoms with Gasteiger partial charge < -0.3 is 24.8 Å². The zero-order chi connectivity index (χ0) is 19.6. The van der Waals surface area contributed by atoms with Crippen LogP contribution in [0.25, 0.3) is 11.4 Å². The van der Waals surface area contributed by atoms with Crippen LogP contribution in [0.15, 0.2) is 30.5 Å². The van der Waals surface area contributed by atoms with Gasteiger partial charge >= 0.3 is 5.97 Å². The van der Waals surface area contributed by atoms with Gasteiger partial charge in [0.25, 0.3) is 0 Å². The number of anilines is 1. The number of nitrogens with one attached hydrogen (secondary N) is 1. The van der Waals surface area contributed by atoms with E-state index < -0.39 is 5.97 Å². The molecule has 1 aliphatic rings. The molecule has 1 saturated heterocycles. The maximum atomic E-state index is 12.3. The van der Waals surface area contributed by atoms with E-state index in [1.807, 2.05) is 34.8 Å². The number of nitrogen functional groups attached to an aromatic ring is 1. The number of aryl methyl sites for hydroxylation is 1. The number of hydrogen-bond donors (Lipinski definition) is 2. The molecule has 0 aliphatic carbocycles. The molecule has 0 atom stereocenters. The number of methoxy groups -OCH3 is 1. The highest BCUT2D eigenvalue weighted by atomic mass is 16.5. The Kier molecular flexibility index (Phi) is 5.11. The summed E-state index contributed by atoms with van der Waals surface area (Å²) < 4.78 is 6.51. The molecule has 142 valence electrons. The third-order valence-corrected chi connectivity index (χ3v) is 4.51. The minimum atomic E-state index is -0.425. The maximum absolute atomic E-state index is 12.3. The highest BCUT2D eigenvalue weighted by Crippen LogP contribution is 2.23. The van der Waals surface area contributed by atoms with Crippen LogP contribution >= 0.6 is 0 Å². The van der Waals surface area contributed by atoms with Crippen molar-refractivity contribution in [2.75, 3.05) is 38.2 Å². The largest absolute Gasteiger partial charge is 0.468 e. The first kappa shape index (κ1) is 18.4. The topological polar surface area (TPSA) is 118 Å². The molecule has 3 N–H and O–H groups in total. The minimum Gasteiger partial charge on any atom is -0.468 e. The van der Waals surface area contributed by atoms with E-state index in [1.54, 1.807) is 12.1 Å². The number of benzene rings is 1. The second kappa shape index (κ2) is 7.48. The number of amidine groups is 1. The number of ether oxygens (including phenoxy) is 1. The van der Waals surface area contributed by atoms with Gasteiger partial charge in [0.15, 0.2) is 0 Å². The van der Waals surface area contributed by atoms with Gasteiger partial charge in [0.2, 0.25) is 5.91 Å². The number of esters is 1. The van der Waals surface area contributed by atoms with Crippen molar-refractivity contribution in [3.63, 3.8) is 0 Å². The zero-order valence-corrected chi connectivity index (χ0v) is 15.3. The number of hydrogen-bond acceptors (Lipinski definition) is 6. The molecule has 9 nitrogen and oxygen atoms in total. The van der Waals surface area contributed by atoms with Crippen LogP contribution in [0.2, 0.25) is 0 Å². The number of amides is 1. The predicted molar refractivity (Wildman–Crippen MR) is 100 cm³/mol. The molecule has 1 aliphatic heterocycles. The van der Waals surface area contributed by atoms with Gasteiger partial charge in [-0.25, -0.2) is 4.98 Å². The Morgan fingerprint density at radius 2 is 2.00 bits per heavy atom. The molecule has 9 heteroatoms. The van der Waals surface area contributed by atoms with E-state index in [9.17, 15) is 9.59 Å². The maximum Gasteiger partial charge on any atom is 0.325 e. The molecule has 2 heterocycles. The molecule has 1 fully saturated rings. The van der Waals surface area contributed by atoms with Gasteiger partial charge in [0, 0.05) is 37.5 Å². The molecule has 1 amide bonds. The van der Waals surface area contributed by atoms with E-state index in [0.29, 0.717) is 24.5 Å². The summed E-state index contributed by atoms with van der Waals surface area (Å²) in [6.45, 7) is 1.16. The minimum absolute atomic E-state index is 0.0189. The van der Waals surface area contributed by atoms with Crippen molar-refractivity contribution in [1.82, 2.24) is 14.5 Å². The molecule has 0 unspecified atom stereocenters. The fraction of sp³-hybridized carbons (Fsp3) is 0.333. The summed E-state index contributed by atoms with van der Waals surface area (Å²) in [5.74, 6) is 0.916. The van der Waals surface area contributed by atoms with Crippen molar-refractivity contribution < 1.29 is 14.3 Å². The predicted octanol–water partition coefficient (Wildman–Crippen LogP) is 0.193. The number of piperazine rings is 1. The fourth-order valence-corrected chi connectivity index (χ4v) is 2.96. The number of nitrogens with two attached hydrogens (primary N) is 1. The van der Waals surface area contributed by atoms with Crippen LogP contribution in [0.1, 0.15) is 5.56 Å². The van der Waals surface area contributed by atoms with Crippen LogP contribution in [0, 0.1) is 5.41 Å². The van der Waals surface area contributed by atoms with Crippen molar-refractivity contribution in [3.05, 3.63) is 36.0 Å². The van der Waals surface area contributed by atoms with Crippen LogP contribution < -0.4 is 10.6 Å². The normalized spacial score (nSPS) is 14.4. The average molecular weight is 370 g/mol. The third-order valence-electron chi connectivity index (χ3n) is 4.51. The van der Waals surface area contributed by atoms with E-state index in [0.717, 1.165) is 11.4 Å². The molecule has 0 saturated carbocycles. The smallest absolute Gasteiger partial charge is 0.325 e. The van der Waals surface area contributed by atoms with Crippen LogP contribution in [-0.2, 0) is 21.4 Å². The quantitative estimate of drug-likeness (QED) is 0.441. The van der Waals surface area contributed by atoms with Gasteiger partial charge in [-0.2, -0.15) is 0 Å². The molecule has 3 rings (SSSR count). The standard InChI is InChI=1S/C18H22N6O3/c1-22-9-14(21-18(22)13-5-3-12(4-6-13)17(19)20)23-7-8-24(15(25)10-23)11-16(26)27-2/h3-6,9H,7-8,10-11H2,1-2H3,(H3,19,20). The lowest BCUT2D eigenvalue weighted by Crippen LogP contribution is -2.52. The van der Waals surface area contributed by atoms with Gasteiger partial charge in [-0.1, -0.05) is 24.3 Å².